The van der Waals surface area contributed by atoms with Gasteiger partial charge in [0.15, 0.2) is 11.4 Å². The summed E-state index contributed by atoms with van der Waals surface area (Å²) in [6.45, 7) is 3.81. The summed E-state index contributed by atoms with van der Waals surface area (Å²) in [6.07, 6.45) is 0. The number of nitrogens with one attached hydrogen (secondary N) is 1. The third-order valence-electron chi connectivity index (χ3n) is 3.32. The normalized spacial score (nSPS) is 11.1. The van der Waals surface area contributed by atoms with Crippen molar-refractivity contribution in [1.29, 1.82) is 0 Å². The van der Waals surface area contributed by atoms with E-state index in [9.17, 15) is 9.59 Å². The van der Waals surface area contributed by atoms with Crippen LogP contribution in [0.15, 0.2) is 27.4 Å². The Morgan fingerprint density at radius 2 is 2.10 bits per heavy atom. The number of nitrogens with two attached hydrogens (primary N) is 1. The highest BCUT2D eigenvalue weighted by Gasteiger charge is 2.19. The maximum absolute atomic E-state index is 12.5. The number of carbonyl (C=O) groups excluding carboxylic acids is 1. The number of ketones is 1. The molecule has 2 heterocycles. The fourth-order valence-electron chi connectivity index (χ4n) is 2.17. The van der Waals surface area contributed by atoms with Crippen molar-refractivity contribution in [1.82, 2.24) is 4.98 Å². The van der Waals surface area contributed by atoms with Crippen LogP contribution in [-0.4, -0.2) is 10.8 Å². The number of aryl methyl sites for hydroxylation is 1. The molecule has 1 aromatic carbocycles. The standard InChI is InChI=1S/C14H12N2O3S/c1-6-7(2)20-13(15)11(6)12(17)8-3-4-9-10(5-8)19-14(18)16-9/h3-5H,15H2,1-2H3,(H,16,18). The van der Waals surface area contributed by atoms with Gasteiger partial charge in [-0.05, 0) is 37.6 Å². The van der Waals surface area contributed by atoms with E-state index in [1.54, 1.807) is 18.2 Å². The van der Waals surface area contributed by atoms with Gasteiger partial charge < -0.3 is 10.2 Å². The Hall–Kier alpha value is -2.34. The van der Waals surface area contributed by atoms with E-state index in [4.69, 9.17) is 10.2 Å². The zero-order chi connectivity index (χ0) is 14.4. The average Bonchev–Trinajstić information content (AvgIpc) is 2.87. The summed E-state index contributed by atoms with van der Waals surface area (Å²) < 4.78 is 4.97. The Morgan fingerprint density at radius 1 is 1.35 bits per heavy atom. The maximum Gasteiger partial charge on any atom is 0.417 e. The zero-order valence-electron chi connectivity index (χ0n) is 10.9. The second-order valence-corrected chi connectivity index (χ2v) is 5.83. The van der Waals surface area contributed by atoms with Gasteiger partial charge in [-0.3, -0.25) is 9.78 Å². The summed E-state index contributed by atoms with van der Waals surface area (Å²) in [5.41, 5.74) is 8.73. The molecule has 5 nitrogen and oxygen atoms in total. The van der Waals surface area contributed by atoms with Crippen molar-refractivity contribution in [3.05, 3.63) is 50.3 Å². The second-order valence-electron chi connectivity index (χ2n) is 4.58. The van der Waals surface area contributed by atoms with E-state index in [1.165, 1.54) is 11.3 Å². The van der Waals surface area contributed by atoms with Crippen molar-refractivity contribution in [2.24, 2.45) is 0 Å². The van der Waals surface area contributed by atoms with Gasteiger partial charge in [0.1, 0.15) is 0 Å². The van der Waals surface area contributed by atoms with Crippen molar-refractivity contribution >= 4 is 33.2 Å². The van der Waals surface area contributed by atoms with Crippen LogP contribution in [0.3, 0.4) is 0 Å². The van der Waals surface area contributed by atoms with Crippen molar-refractivity contribution in [3.8, 4) is 0 Å². The number of fused-ring (bicyclic) bond motifs is 1. The van der Waals surface area contributed by atoms with Gasteiger partial charge in [0.25, 0.3) is 0 Å². The van der Waals surface area contributed by atoms with Crippen molar-refractivity contribution in [2.75, 3.05) is 5.73 Å². The summed E-state index contributed by atoms with van der Waals surface area (Å²) in [6, 6.07) is 4.86. The van der Waals surface area contributed by atoms with Crippen LogP contribution in [0.1, 0.15) is 26.4 Å². The summed E-state index contributed by atoms with van der Waals surface area (Å²) in [4.78, 5) is 27.2. The Bertz CT molecular complexity index is 886. The lowest BCUT2D eigenvalue weighted by molar-refractivity contribution is 0.103. The molecule has 0 saturated heterocycles. The Kier molecular flexibility index (Phi) is 2.76. The second kappa shape index (κ2) is 4.35. The van der Waals surface area contributed by atoms with E-state index < -0.39 is 5.76 Å². The van der Waals surface area contributed by atoms with Crippen LogP contribution in [0.25, 0.3) is 11.1 Å². The number of H-pyrrole nitrogens is 1. The number of aromatic amines is 1. The number of hydrogen-bond acceptors (Lipinski definition) is 5. The molecule has 0 aliphatic carbocycles. The summed E-state index contributed by atoms with van der Waals surface area (Å²) >= 11 is 1.40. The molecule has 0 spiro atoms. The molecule has 0 saturated carbocycles. The van der Waals surface area contributed by atoms with Gasteiger partial charge in [-0.15, -0.1) is 11.3 Å². The SMILES string of the molecule is Cc1sc(N)c(C(=O)c2ccc3[nH]c(=O)oc3c2)c1C. The molecule has 102 valence electrons. The van der Waals surface area contributed by atoms with Crippen LogP contribution >= 0.6 is 11.3 Å². The molecule has 0 amide bonds. The Morgan fingerprint density at radius 3 is 2.75 bits per heavy atom. The minimum absolute atomic E-state index is 0.157. The molecule has 0 unspecified atom stereocenters. The summed E-state index contributed by atoms with van der Waals surface area (Å²) in [7, 11) is 0. The smallest absolute Gasteiger partial charge is 0.408 e. The number of rotatable bonds is 2. The quantitative estimate of drug-likeness (QED) is 0.709. The van der Waals surface area contributed by atoms with Crippen molar-refractivity contribution in [2.45, 2.75) is 13.8 Å². The highest BCUT2D eigenvalue weighted by atomic mass is 32.1. The number of nitrogen functional groups attached to an aromatic ring is 1. The van der Waals surface area contributed by atoms with Gasteiger partial charge in [0.2, 0.25) is 0 Å². The summed E-state index contributed by atoms with van der Waals surface area (Å²) in [5, 5.41) is 0.514. The van der Waals surface area contributed by atoms with E-state index in [0.717, 1.165) is 10.4 Å². The van der Waals surface area contributed by atoms with Crippen LogP contribution in [0, 0.1) is 13.8 Å². The number of benzene rings is 1. The lowest BCUT2D eigenvalue weighted by Gasteiger charge is -2.02. The van der Waals surface area contributed by atoms with E-state index in [-0.39, 0.29) is 5.78 Å². The molecule has 3 aromatic rings. The van der Waals surface area contributed by atoms with E-state index in [1.807, 2.05) is 13.8 Å². The highest BCUT2D eigenvalue weighted by molar-refractivity contribution is 7.16. The topological polar surface area (TPSA) is 89.1 Å². The first-order chi connectivity index (χ1) is 9.47. The summed E-state index contributed by atoms with van der Waals surface area (Å²) in [5.74, 6) is -0.693. The van der Waals surface area contributed by atoms with Gasteiger partial charge in [-0.1, -0.05) is 0 Å². The number of oxazole rings is 1. The predicted octanol–water partition coefficient (Wildman–Crippen LogP) is 2.61. The Balaban J connectivity index is 2.14. The fraction of sp³-hybridized carbons (Fsp3) is 0.143. The van der Waals surface area contributed by atoms with E-state index in [2.05, 4.69) is 4.98 Å². The minimum atomic E-state index is -0.535. The fourth-order valence-corrected chi connectivity index (χ4v) is 3.10. The van der Waals surface area contributed by atoms with Crippen LogP contribution in [0.2, 0.25) is 0 Å². The number of aromatic nitrogens is 1. The van der Waals surface area contributed by atoms with E-state index >= 15 is 0 Å². The monoisotopic (exact) mass is 288 g/mol. The number of carbonyl (C=O) groups is 1. The van der Waals surface area contributed by atoms with Crippen molar-refractivity contribution < 1.29 is 9.21 Å². The minimum Gasteiger partial charge on any atom is -0.408 e. The molecule has 20 heavy (non-hydrogen) atoms. The van der Waals surface area contributed by atoms with Crippen LogP contribution < -0.4 is 11.5 Å². The molecule has 0 aliphatic heterocycles. The van der Waals surface area contributed by atoms with E-state index in [0.29, 0.717) is 27.2 Å². The number of thiophene rings is 1. The molecule has 0 bridgehead atoms. The first-order valence-electron chi connectivity index (χ1n) is 6.00. The largest absolute Gasteiger partial charge is 0.417 e. The Labute approximate surface area is 118 Å². The molecule has 3 rings (SSSR count). The maximum atomic E-state index is 12.5. The van der Waals surface area contributed by atoms with Gasteiger partial charge in [0.05, 0.1) is 16.1 Å². The third-order valence-corrected chi connectivity index (χ3v) is 4.36. The van der Waals surface area contributed by atoms with Crippen LogP contribution in [-0.2, 0) is 0 Å². The lowest BCUT2D eigenvalue weighted by Crippen LogP contribution is -2.04. The molecule has 6 heteroatoms. The lowest BCUT2D eigenvalue weighted by atomic mass is 10.0. The molecule has 0 fully saturated rings. The molecule has 0 aliphatic rings. The van der Waals surface area contributed by atoms with Gasteiger partial charge in [-0.25, -0.2) is 4.79 Å². The molecular weight excluding hydrogens is 276 g/mol. The average molecular weight is 288 g/mol. The molecule has 3 N–H and O–H groups in total. The molecule has 0 atom stereocenters. The predicted molar refractivity (Wildman–Crippen MR) is 78.5 cm³/mol. The highest BCUT2D eigenvalue weighted by Crippen LogP contribution is 2.31. The molecule has 2 aromatic heterocycles. The van der Waals surface area contributed by atoms with Crippen molar-refractivity contribution in [3.63, 3.8) is 0 Å². The first kappa shape index (κ1) is 12.7. The van der Waals surface area contributed by atoms with Crippen LogP contribution in [0.5, 0.6) is 0 Å². The van der Waals surface area contributed by atoms with Crippen LogP contribution in [0.4, 0.5) is 5.00 Å². The molecule has 0 radical (unpaired) electrons. The van der Waals surface area contributed by atoms with Gasteiger partial charge >= 0.3 is 5.76 Å². The third kappa shape index (κ3) is 1.85. The molecular formula is C14H12N2O3S. The number of hydrogen-bond donors (Lipinski definition) is 2. The first-order valence-corrected chi connectivity index (χ1v) is 6.82. The zero-order valence-corrected chi connectivity index (χ0v) is 11.8. The number of anilines is 1. The van der Waals surface area contributed by atoms with Gasteiger partial charge in [-0.2, -0.15) is 0 Å². The van der Waals surface area contributed by atoms with Gasteiger partial charge in [0, 0.05) is 10.4 Å².